The molecule has 194 valence electrons. The molecule has 0 amide bonds. The van der Waals surface area contributed by atoms with E-state index in [4.69, 9.17) is 23.2 Å². The molecule has 4 aromatic heterocycles. The summed E-state index contributed by atoms with van der Waals surface area (Å²) >= 11 is 15.0. The predicted molar refractivity (Wildman–Crippen MR) is 159 cm³/mol. The first-order chi connectivity index (χ1) is 19.5. The van der Waals surface area contributed by atoms with E-state index in [1.165, 1.54) is 31.7 Å². The van der Waals surface area contributed by atoms with Crippen molar-refractivity contribution in [2.75, 3.05) is 0 Å². The van der Waals surface area contributed by atoms with Crippen molar-refractivity contribution >= 4 is 67.9 Å². The standard InChI is InChI=1S/C28H14Cl2N6O2S2/c29-19-11-5-1-7-15(19)13-21-25(37)35-27(39-21)31-23(33-35)17-9-3-4-10-18(17)24-32-28-36(34-24)26(38)22(40-28)14-16-8-2-6-12-20(16)30/h1-14H/b21-13+,22-14+. The van der Waals surface area contributed by atoms with Crippen LogP contribution in [0, 0.1) is 0 Å². The monoisotopic (exact) mass is 600 g/mol. The Morgan fingerprint density at radius 3 is 1.40 bits per heavy atom. The van der Waals surface area contributed by atoms with Crippen LogP contribution in [-0.2, 0) is 0 Å². The maximum atomic E-state index is 13.1. The summed E-state index contributed by atoms with van der Waals surface area (Å²) < 4.78 is 3.52. The Morgan fingerprint density at radius 1 is 0.600 bits per heavy atom. The number of benzene rings is 3. The van der Waals surface area contributed by atoms with Gasteiger partial charge in [0, 0.05) is 21.2 Å². The van der Waals surface area contributed by atoms with E-state index in [1.807, 2.05) is 60.7 Å². The number of fused-ring (bicyclic) bond motifs is 2. The Balaban J connectivity index is 1.30. The fourth-order valence-corrected chi connectivity index (χ4v) is 6.41. The van der Waals surface area contributed by atoms with Gasteiger partial charge in [0.15, 0.2) is 11.6 Å². The SMILES string of the molecule is O=c1/c(=C\c2ccccc2Cl)sc2nc(-c3ccccc3-c3nc4s/c(=C/c5ccccc5Cl)c(=O)n4n3)nn12. The third-order valence-electron chi connectivity index (χ3n) is 6.16. The van der Waals surface area contributed by atoms with Crippen LogP contribution in [0.4, 0.5) is 0 Å². The fourth-order valence-electron chi connectivity index (χ4n) is 4.24. The molecule has 0 fully saturated rings. The lowest BCUT2D eigenvalue weighted by molar-refractivity contribution is 0.932. The van der Waals surface area contributed by atoms with Crippen molar-refractivity contribution in [2.45, 2.75) is 0 Å². The first-order valence-corrected chi connectivity index (χ1v) is 14.3. The zero-order chi connectivity index (χ0) is 27.4. The van der Waals surface area contributed by atoms with Gasteiger partial charge in [-0.25, -0.2) is 0 Å². The topological polar surface area (TPSA) is 94.5 Å². The van der Waals surface area contributed by atoms with Crippen molar-refractivity contribution in [2.24, 2.45) is 0 Å². The van der Waals surface area contributed by atoms with Crippen LogP contribution in [0.25, 0.3) is 44.8 Å². The number of hydrogen-bond acceptors (Lipinski definition) is 8. The highest BCUT2D eigenvalue weighted by atomic mass is 35.5. The minimum absolute atomic E-state index is 0.282. The maximum absolute atomic E-state index is 13.1. The van der Waals surface area contributed by atoms with Gasteiger partial charge in [-0.15, -0.1) is 10.2 Å². The molecule has 4 heterocycles. The van der Waals surface area contributed by atoms with Crippen molar-refractivity contribution in [3.63, 3.8) is 0 Å². The van der Waals surface area contributed by atoms with Gasteiger partial charge in [-0.05, 0) is 35.4 Å². The van der Waals surface area contributed by atoms with Gasteiger partial charge in [0.1, 0.15) is 0 Å². The average molecular weight is 602 g/mol. The van der Waals surface area contributed by atoms with Gasteiger partial charge in [0.2, 0.25) is 9.92 Å². The van der Waals surface area contributed by atoms with Gasteiger partial charge < -0.3 is 0 Å². The Labute approximate surface area is 242 Å². The molecule has 0 aliphatic heterocycles. The summed E-state index contributed by atoms with van der Waals surface area (Å²) in [4.78, 5) is 36.3. The van der Waals surface area contributed by atoms with Gasteiger partial charge in [-0.2, -0.15) is 19.0 Å². The number of rotatable bonds is 4. The summed E-state index contributed by atoms with van der Waals surface area (Å²) in [6.45, 7) is 0. The Hall–Kier alpha value is -4.22. The number of halogens is 2. The van der Waals surface area contributed by atoms with Crippen molar-refractivity contribution in [1.82, 2.24) is 29.2 Å². The lowest BCUT2D eigenvalue weighted by Gasteiger charge is -2.01. The lowest BCUT2D eigenvalue weighted by atomic mass is 10.1. The van der Waals surface area contributed by atoms with E-state index >= 15 is 0 Å². The van der Waals surface area contributed by atoms with E-state index in [0.717, 1.165) is 11.1 Å². The highest BCUT2D eigenvalue weighted by molar-refractivity contribution is 7.15. The molecule has 3 aromatic carbocycles. The second kappa shape index (κ2) is 9.76. The van der Waals surface area contributed by atoms with E-state index in [2.05, 4.69) is 20.2 Å². The van der Waals surface area contributed by atoms with Crippen molar-refractivity contribution in [3.8, 4) is 22.8 Å². The lowest BCUT2D eigenvalue weighted by Crippen LogP contribution is -2.23. The third kappa shape index (κ3) is 4.22. The summed E-state index contributed by atoms with van der Waals surface area (Å²) in [5.74, 6) is 0.716. The number of nitrogens with zero attached hydrogens (tertiary/aromatic N) is 6. The summed E-state index contributed by atoms with van der Waals surface area (Å²) in [7, 11) is 0. The molecule has 0 radical (unpaired) electrons. The first-order valence-electron chi connectivity index (χ1n) is 11.9. The second-order valence-electron chi connectivity index (χ2n) is 8.68. The molecular formula is C28H14Cl2N6O2S2. The zero-order valence-corrected chi connectivity index (χ0v) is 23.3. The third-order valence-corrected chi connectivity index (χ3v) is 8.76. The molecule has 0 unspecified atom stereocenters. The molecule has 7 aromatic rings. The van der Waals surface area contributed by atoms with E-state index in [-0.39, 0.29) is 11.1 Å². The van der Waals surface area contributed by atoms with Crippen molar-refractivity contribution < 1.29 is 0 Å². The number of hydrogen-bond donors (Lipinski definition) is 0. The summed E-state index contributed by atoms with van der Waals surface area (Å²) in [6, 6.07) is 22.0. The summed E-state index contributed by atoms with van der Waals surface area (Å²) in [5, 5.41) is 10.1. The van der Waals surface area contributed by atoms with Crippen LogP contribution in [0.3, 0.4) is 0 Å². The second-order valence-corrected chi connectivity index (χ2v) is 11.5. The molecule has 8 nitrogen and oxygen atoms in total. The van der Waals surface area contributed by atoms with Gasteiger partial charge in [0.25, 0.3) is 11.1 Å². The van der Waals surface area contributed by atoms with Crippen LogP contribution < -0.4 is 20.2 Å². The van der Waals surface area contributed by atoms with Crippen LogP contribution in [0.2, 0.25) is 10.0 Å². The van der Waals surface area contributed by atoms with Crippen molar-refractivity contribution in [3.05, 3.63) is 124 Å². The Bertz CT molecular complexity index is 2160. The highest BCUT2D eigenvalue weighted by Crippen LogP contribution is 2.29. The van der Waals surface area contributed by atoms with Gasteiger partial charge >= 0.3 is 0 Å². The van der Waals surface area contributed by atoms with Gasteiger partial charge in [-0.3, -0.25) is 9.59 Å². The smallest absolute Gasteiger partial charge is 0.266 e. The van der Waals surface area contributed by atoms with E-state index in [9.17, 15) is 9.59 Å². The number of aromatic nitrogens is 6. The normalized spacial score (nSPS) is 12.8. The quantitative estimate of drug-likeness (QED) is 0.298. The molecule has 0 spiro atoms. The largest absolute Gasteiger partial charge is 0.291 e. The zero-order valence-electron chi connectivity index (χ0n) is 20.2. The molecule has 0 aliphatic rings. The molecule has 0 N–H and O–H groups in total. The Morgan fingerprint density at radius 2 is 1.00 bits per heavy atom. The van der Waals surface area contributed by atoms with Crippen LogP contribution in [-0.4, -0.2) is 29.2 Å². The van der Waals surface area contributed by atoms with E-state index < -0.39 is 0 Å². The molecule has 7 rings (SSSR count). The summed E-state index contributed by atoms with van der Waals surface area (Å²) in [6.07, 6.45) is 3.47. The van der Waals surface area contributed by atoms with Gasteiger partial charge in [-0.1, -0.05) is 107 Å². The minimum Gasteiger partial charge on any atom is -0.266 e. The molecule has 0 saturated carbocycles. The Kier molecular flexibility index (Phi) is 6.05. The van der Waals surface area contributed by atoms with E-state index in [0.29, 0.717) is 51.8 Å². The van der Waals surface area contributed by atoms with Gasteiger partial charge in [0.05, 0.1) is 9.06 Å². The highest BCUT2D eigenvalue weighted by Gasteiger charge is 2.19. The van der Waals surface area contributed by atoms with Crippen LogP contribution in [0.5, 0.6) is 0 Å². The maximum Gasteiger partial charge on any atom is 0.291 e. The summed E-state index contributed by atoms with van der Waals surface area (Å²) in [5.41, 5.74) is 2.20. The molecule has 40 heavy (non-hydrogen) atoms. The molecule has 0 saturated heterocycles. The molecule has 0 bridgehead atoms. The molecule has 12 heteroatoms. The van der Waals surface area contributed by atoms with Crippen LogP contribution in [0.15, 0.2) is 82.4 Å². The predicted octanol–water partition coefficient (Wildman–Crippen LogP) is 4.35. The first kappa shape index (κ1) is 24.8. The molecule has 0 atom stereocenters. The molecule has 0 aliphatic carbocycles. The van der Waals surface area contributed by atoms with Crippen LogP contribution in [0.1, 0.15) is 11.1 Å². The molecular weight excluding hydrogens is 587 g/mol. The minimum atomic E-state index is -0.282. The van der Waals surface area contributed by atoms with E-state index in [1.54, 1.807) is 24.3 Å². The van der Waals surface area contributed by atoms with Crippen LogP contribution >= 0.6 is 45.9 Å². The van der Waals surface area contributed by atoms with Crippen molar-refractivity contribution in [1.29, 1.82) is 0 Å². The fraction of sp³-hybridized carbons (Fsp3) is 0. The number of thiazole rings is 2. The average Bonchev–Trinajstić information content (AvgIpc) is 3.70.